The molecular weight excluding hydrogens is 240 g/mol. The predicted molar refractivity (Wildman–Crippen MR) is 72.8 cm³/mol. The van der Waals surface area contributed by atoms with Crippen LogP contribution in [0.15, 0.2) is 30.3 Å². The van der Waals surface area contributed by atoms with Gasteiger partial charge in [0.15, 0.2) is 0 Å². The van der Waals surface area contributed by atoms with Crippen LogP contribution in [0.5, 0.6) is 0 Å². The minimum Gasteiger partial charge on any atom is -0.292 e. The number of nitrogens with zero attached hydrogens (tertiary/aromatic N) is 2. The van der Waals surface area contributed by atoms with E-state index in [1.807, 2.05) is 30.3 Å². The Hall–Kier alpha value is -1.68. The van der Waals surface area contributed by atoms with Gasteiger partial charge in [0.1, 0.15) is 0 Å². The summed E-state index contributed by atoms with van der Waals surface area (Å²) >= 11 is 0. The van der Waals surface area contributed by atoms with Crippen LogP contribution in [-0.4, -0.2) is 35.8 Å². The molecule has 1 atom stereocenters. The van der Waals surface area contributed by atoms with E-state index < -0.39 is 0 Å². The number of piperidine rings is 1. The largest absolute Gasteiger partial charge is 0.292 e. The molecule has 0 spiro atoms. The second-order valence-electron chi connectivity index (χ2n) is 5.22. The number of benzene rings is 1. The highest BCUT2D eigenvalue weighted by atomic mass is 16.2. The fourth-order valence-electron chi connectivity index (χ4n) is 2.98. The summed E-state index contributed by atoms with van der Waals surface area (Å²) in [5.41, 5.74) is 0.692. The lowest BCUT2D eigenvalue weighted by atomic mass is 10.1. The van der Waals surface area contributed by atoms with Crippen molar-refractivity contribution < 1.29 is 9.59 Å². The van der Waals surface area contributed by atoms with E-state index in [0.29, 0.717) is 12.1 Å². The van der Waals surface area contributed by atoms with Crippen molar-refractivity contribution in [2.45, 2.75) is 31.7 Å². The highest BCUT2D eigenvalue weighted by Gasteiger charge is 2.42. The highest BCUT2D eigenvalue weighted by molar-refractivity contribution is 6.22. The van der Waals surface area contributed by atoms with Crippen LogP contribution in [0.2, 0.25) is 0 Å². The number of amides is 2. The zero-order valence-electron chi connectivity index (χ0n) is 10.9. The van der Waals surface area contributed by atoms with Crippen molar-refractivity contribution in [3.63, 3.8) is 0 Å². The summed E-state index contributed by atoms with van der Waals surface area (Å²) in [6, 6.07) is 8.97. The molecule has 1 aromatic rings. The maximum absolute atomic E-state index is 12.5. The summed E-state index contributed by atoms with van der Waals surface area (Å²) < 4.78 is 0. The normalized spacial score (nSPS) is 25.1. The molecule has 2 heterocycles. The molecule has 0 aliphatic carbocycles. The van der Waals surface area contributed by atoms with Crippen LogP contribution in [0.1, 0.15) is 25.7 Å². The standard InChI is InChI=1S/C15H18N2O2/c18-14-11-13(16-9-5-2-6-10-16)15(19)17(14)12-7-3-1-4-8-12/h1,3-4,7-8,13H,2,5-6,9-11H2/t13-/m0/s1. The molecule has 2 fully saturated rings. The lowest BCUT2D eigenvalue weighted by molar-refractivity contribution is -0.123. The Morgan fingerprint density at radius 2 is 1.63 bits per heavy atom. The second-order valence-corrected chi connectivity index (χ2v) is 5.22. The Bertz CT molecular complexity index is 480. The average molecular weight is 258 g/mol. The molecule has 0 radical (unpaired) electrons. The number of carbonyl (C=O) groups excluding carboxylic acids is 2. The molecule has 100 valence electrons. The van der Waals surface area contributed by atoms with Gasteiger partial charge in [-0.3, -0.25) is 14.5 Å². The lowest BCUT2D eigenvalue weighted by Gasteiger charge is -2.30. The van der Waals surface area contributed by atoms with Crippen LogP contribution >= 0.6 is 0 Å². The van der Waals surface area contributed by atoms with Crippen LogP contribution in [0.4, 0.5) is 5.69 Å². The molecule has 2 aliphatic heterocycles. The van der Waals surface area contributed by atoms with Gasteiger partial charge in [-0.15, -0.1) is 0 Å². The number of para-hydroxylation sites is 1. The summed E-state index contributed by atoms with van der Waals surface area (Å²) in [5.74, 6) is -0.134. The zero-order chi connectivity index (χ0) is 13.2. The first-order chi connectivity index (χ1) is 9.27. The van der Waals surface area contributed by atoms with E-state index in [1.165, 1.54) is 11.3 Å². The molecule has 19 heavy (non-hydrogen) atoms. The number of hydrogen-bond acceptors (Lipinski definition) is 3. The van der Waals surface area contributed by atoms with Crippen molar-refractivity contribution in [2.75, 3.05) is 18.0 Å². The number of imide groups is 1. The Morgan fingerprint density at radius 3 is 2.32 bits per heavy atom. The molecule has 0 unspecified atom stereocenters. The first kappa shape index (κ1) is 12.4. The van der Waals surface area contributed by atoms with Gasteiger partial charge in [-0.1, -0.05) is 24.6 Å². The molecule has 1 aromatic carbocycles. The van der Waals surface area contributed by atoms with Gasteiger partial charge in [-0.05, 0) is 38.1 Å². The molecule has 0 aromatic heterocycles. The topological polar surface area (TPSA) is 40.6 Å². The molecule has 2 amide bonds. The van der Waals surface area contributed by atoms with Gasteiger partial charge >= 0.3 is 0 Å². The van der Waals surface area contributed by atoms with Gasteiger partial charge in [0.2, 0.25) is 5.91 Å². The Labute approximate surface area is 113 Å². The van der Waals surface area contributed by atoms with Gasteiger partial charge in [-0.2, -0.15) is 0 Å². The SMILES string of the molecule is O=C1C[C@H](N2CCCCC2)C(=O)N1c1ccccc1. The first-order valence-electron chi connectivity index (χ1n) is 6.93. The zero-order valence-corrected chi connectivity index (χ0v) is 10.9. The number of rotatable bonds is 2. The van der Waals surface area contributed by atoms with Crippen LogP contribution in [0.25, 0.3) is 0 Å². The Balaban J connectivity index is 1.81. The number of likely N-dealkylation sites (tertiary alicyclic amines) is 1. The Kier molecular flexibility index (Phi) is 3.34. The monoisotopic (exact) mass is 258 g/mol. The quantitative estimate of drug-likeness (QED) is 0.760. The molecule has 0 bridgehead atoms. The summed E-state index contributed by atoms with van der Waals surface area (Å²) in [4.78, 5) is 28.1. The smallest absolute Gasteiger partial charge is 0.251 e. The maximum Gasteiger partial charge on any atom is 0.251 e. The molecule has 2 saturated heterocycles. The number of anilines is 1. The van der Waals surface area contributed by atoms with Crippen molar-refractivity contribution >= 4 is 17.5 Å². The van der Waals surface area contributed by atoms with Crippen LogP contribution in [0.3, 0.4) is 0 Å². The van der Waals surface area contributed by atoms with Crippen molar-refractivity contribution in [3.05, 3.63) is 30.3 Å². The van der Waals surface area contributed by atoms with Crippen molar-refractivity contribution in [3.8, 4) is 0 Å². The Morgan fingerprint density at radius 1 is 0.947 bits per heavy atom. The molecule has 0 N–H and O–H groups in total. The molecular formula is C15H18N2O2. The van der Waals surface area contributed by atoms with E-state index >= 15 is 0 Å². The van der Waals surface area contributed by atoms with E-state index in [4.69, 9.17) is 0 Å². The second kappa shape index (κ2) is 5.13. The van der Waals surface area contributed by atoms with Gasteiger partial charge < -0.3 is 0 Å². The summed E-state index contributed by atoms with van der Waals surface area (Å²) in [7, 11) is 0. The van der Waals surface area contributed by atoms with Crippen LogP contribution in [0, 0.1) is 0 Å². The third kappa shape index (κ3) is 2.28. The third-order valence-electron chi connectivity index (χ3n) is 3.97. The summed E-state index contributed by atoms with van der Waals surface area (Å²) in [6.07, 6.45) is 3.81. The van der Waals surface area contributed by atoms with E-state index in [0.717, 1.165) is 25.9 Å². The van der Waals surface area contributed by atoms with Gasteiger partial charge in [0.05, 0.1) is 18.2 Å². The van der Waals surface area contributed by atoms with Crippen LogP contribution < -0.4 is 4.90 Å². The van der Waals surface area contributed by atoms with Gasteiger partial charge in [0, 0.05) is 0 Å². The molecule has 2 aliphatic rings. The summed E-state index contributed by atoms with van der Waals surface area (Å²) in [5, 5.41) is 0. The minimum absolute atomic E-state index is 0.0573. The fraction of sp³-hybridized carbons (Fsp3) is 0.467. The number of carbonyl (C=O) groups is 2. The van der Waals surface area contributed by atoms with Crippen molar-refractivity contribution in [1.82, 2.24) is 4.90 Å². The number of hydrogen-bond donors (Lipinski definition) is 0. The van der Waals surface area contributed by atoms with E-state index in [9.17, 15) is 9.59 Å². The van der Waals surface area contributed by atoms with Gasteiger partial charge in [0.25, 0.3) is 5.91 Å². The average Bonchev–Trinajstić information content (AvgIpc) is 2.76. The lowest BCUT2D eigenvalue weighted by Crippen LogP contribution is -2.44. The fourth-order valence-corrected chi connectivity index (χ4v) is 2.98. The van der Waals surface area contributed by atoms with E-state index in [1.54, 1.807) is 0 Å². The molecule has 3 rings (SSSR count). The van der Waals surface area contributed by atoms with E-state index in [2.05, 4.69) is 4.90 Å². The van der Waals surface area contributed by atoms with Crippen molar-refractivity contribution in [1.29, 1.82) is 0 Å². The van der Waals surface area contributed by atoms with Crippen LogP contribution in [-0.2, 0) is 9.59 Å². The first-order valence-corrected chi connectivity index (χ1v) is 6.93. The minimum atomic E-state index is -0.243. The molecule has 4 heteroatoms. The summed E-state index contributed by atoms with van der Waals surface area (Å²) in [6.45, 7) is 1.87. The highest BCUT2D eigenvalue weighted by Crippen LogP contribution is 2.26. The predicted octanol–water partition coefficient (Wildman–Crippen LogP) is 1.80. The molecule has 0 saturated carbocycles. The van der Waals surface area contributed by atoms with Gasteiger partial charge in [-0.25, -0.2) is 4.90 Å². The van der Waals surface area contributed by atoms with Crippen molar-refractivity contribution in [2.24, 2.45) is 0 Å². The molecule has 4 nitrogen and oxygen atoms in total. The third-order valence-corrected chi connectivity index (χ3v) is 3.97. The van der Waals surface area contributed by atoms with E-state index in [-0.39, 0.29) is 17.9 Å². The maximum atomic E-state index is 12.5.